The van der Waals surface area contributed by atoms with Crippen LogP contribution in [0.2, 0.25) is 0 Å². The van der Waals surface area contributed by atoms with E-state index in [1.807, 2.05) is 30.3 Å². The summed E-state index contributed by atoms with van der Waals surface area (Å²) in [7, 11) is 0. The molecule has 0 unspecified atom stereocenters. The lowest BCUT2D eigenvalue weighted by Crippen LogP contribution is -2.41. The highest BCUT2D eigenvalue weighted by Gasteiger charge is 2.47. The fourth-order valence-electron chi connectivity index (χ4n) is 2.34. The number of allylic oxidation sites excluding steroid dienone is 4. The van der Waals surface area contributed by atoms with Crippen molar-refractivity contribution in [2.24, 2.45) is 5.41 Å². The van der Waals surface area contributed by atoms with Crippen LogP contribution in [0.25, 0.3) is 6.08 Å². The highest BCUT2D eigenvalue weighted by Crippen LogP contribution is 2.32. The van der Waals surface area contributed by atoms with Gasteiger partial charge in [-0.2, -0.15) is 0 Å². The van der Waals surface area contributed by atoms with Gasteiger partial charge in [0.1, 0.15) is 0 Å². The fraction of sp³-hybridized carbons (Fsp3) is 0.318. The van der Waals surface area contributed by atoms with E-state index in [9.17, 15) is 9.59 Å². The molecule has 1 rings (SSSR count). The molecule has 0 amide bonds. The van der Waals surface area contributed by atoms with Gasteiger partial charge in [-0.3, -0.25) is 9.59 Å². The Kier molecular flexibility index (Phi) is 9.52. The molecule has 26 heavy (non-hydrogen) atoms. The van der Waals surface area contributed by atoms with Crippen molar-refractivity contribution in [3.05, 3.63) is 72.5 Å². The van der Waals surface area contributed by atoms with Crippen LogP contribution >= 0.6 is 0 Å². The van der Waals surface area contributed by atoms with Gasteiger partial charge in [0.25, 0.3) is 0 Å². The normalized spacial score (nSPS) is 10.7. The Bertz CT molecular complexity index is 661. The first-order chi connectivity index (χ1) is 12.6. The van der Waals surface area contributed by atoms with E-state index in [4.69, 9.17) is 9.47 Å². The molecule has 138 valence electrons. The largest absolute Gasteiger partial charge is 0.465 e. The summed E-state index contributed by atoms with van der Waals surface area (Å²) >= 11 is 0. The lowest BCUT2D eigenvalue weighted by atomic mass is 9.80. The Hall–Kier alpha value is -2.84. The summed E-state index contributed by atoms with van der Waals surface area (Å²) in [6.45, 7) is 7.40. The van der Waals surface area contributed by atoms with Crippen molar-refractivity contribution < 1.29 is 19.1 Å². The lowest BCUT2D eigenvalue weighted by Gasteiger charge is -2.26. The molecule has 0 aliphatic carbocycles. The molecule has 0 atom stereocenters. The lowest BCUT2D eigenvalue weighted by molar-refractivity contribution is -0.171. The molecule has 0 aliphatic heterocycles. The number of carbonyl (C=O) groups excluding carboxylic acids is 2. The molecular formula is C22H26O4. The molecule has 0 aliphatic rings. The molecular weight excluding hydrogens is 328 g/mol. The van der Waals surface area contributed by atoms with E-state index in [-0.39, 0.29) is 26.1 Å². The van der Waals surface area contributed by atoms with Gasteiger partial charge in [-0.1, -0.05) is 55.1 Å². The van der Waals surface area contributed by atoms with Crippen LogP contribution in [0.15, 0.2) is 66.9 Å². The molecule has 1 aromatic carbocycles. The highest BCUT2D eigenvalue weighted by atomic mass is 16.6. The number of ether oxygens (including phenoxy) is 2. The minimum atomic E-state index is -1.43. The molecule has 0 saturated heterocycles. The van der Waals surface area contributed by atoms with Crippen molar-refractivity contribution in [3.8, 4) is 0 Å². The van der Waals surface area contributed by atoms with Crippen LogP contribution in [0.3, 0.4) is 0 Å². The second kappa shape index (κ2) is 11.7. The molecule has 1 aromatic rings. The van der Waals surface area contributed by atoms with E-state index >= 15 is 0 Å². The predicted octanol–water partition coefficient (Wildman–Crippen LogP) is 4.49. The summed E-state index contributed by atoms with van der Waals surface area (Å²) in [6.07, 6.45) is 8.76. The van der Waals surface area contributed by atoms with Gasteiger partial charge in [-0.15, -0.1) is 5.73 Å². The third-order valence-corrected chi connectivity index (χ3v) is 3.69. The number of hydrogen-bond acceptors (Lipinski definition) is 4. The van der Waals surface area contributed by atoms with Crippen molar-refractivity contribution in [1.29, 1.82) is 0 Å². The van der Waals surface area contributed by atoms with Gasteiger partial charge in [-0.25, -0.2) is 0 Å². The molecule has 0 bridgehead atoms. The molecule has 0 N–H and O–H groups in total. The van der Waals surface area contributed by atoms with Crippen LogP contribution in [0.4, 0.5) is 0 Å². The van der Waals surface area contributed by atoms with Crippen LogP contribution in [-0.4, -0.2) is 25.2 Å². The number of hydrogen-bond donors (Lipinski definition) is 0. The number of carbonyl (C=O) groups is 2. The van der Waals surface area contributed by atoms with Crippen LogP contribution < -0.4 is 0 Å². The Morgan fingerprint density at radius 1 is 1.08 bits per heavy atom. The van der Waals surface area contributed by atoms with Gasteiger partial charge in [-0.05, 0) is 44.4 Å². The standard InChI is InChI=1S/C22H26O4/c1-4-7-12-17-22(20(23)25-5-2,21(24)26-6-3)18-13-11-16-19-14-9-8-10-15-19/h4,7-10,12-16H,1,5-6,17-18H2,2-3H3/b12-7+. The van der Waals surface area contributed by atoms with Crippen LogP contribution in [0.1, 0.15) is 32.3 Å². The van der Waals surface area contributed by atoms with E-state index in [1.165, 1.54) is 0 Å². The molecule has 0 fully saturated rings. The van der Waals surface area contributed by atoms with Crippen molar-refractivity contribution in [1.82, 2.24) is 0 Å². The summed E-state index contributed by atoms with van der Waals surface area (Å²) in [4.78, 5) is 25.2. The highest BCUT2D eigenvalue weighted by molar-refractivity contribution is 6.00. The van der Waals surface area contributed by atoms with Crippen molar-refractivity contribution in [2.45, 2.75) is 26.7 Å². The van der Waals surface area contributed by atoms with Gasteiger partial charge in [0.05, 0.1) is 13.2 Å². The minimum absolute atomic E-state index is 0.134. The first-order valence-corrected chi connectivity index (χ1v) is 8.68. The zero-order valence-corrected chi connectivity index (χ0v) is 15.4. The quantitative estimate of drug-likeness (QED) is 0.269. The minimum Gasteiger partial charge on any atom is -0.465 e. The predicted molar refractivity (Wildman–Crippen MR) is 103 cm³/mol. The summed E-state index contributed by atoms with van der Waals surface area (Å²) in [5, 5.41) is 0. The summed E-state index contributed by atoms with van der Waals surface area (Å²) in [6, 6.07) is 9.67. The van der Waals surface area contributed by atoms with Crippen LogP contribution in [0.5, 0.6) is 0 Å². The fourth-order valence-corrected chi connectivity index (χ4v) is 2.34. The van der Waals surface area contributed by atoms with Gasteiger partial charge < -0.3 is 9.47 Å². The first-order valence-electron chi connectivity index (χ1n) is 8.68. The molecule has 0 heterocycles. The van der Waals surface area contributed by atoms with Crippen LogP contribution in [0, 0.1) is 5.41 Å². The van der Waals surface area contributed by atoms with E-state index in [0.29, 0.717) is 0 Å². The topological polar surface area (TPSA) is 52.6 Å². The van der Waals surface area contributed by atoms with E-state index in [0.717, 1.165) is 5.56 Å². The van der Waals surface area contributed by atoms with Gasteiger partial charge >= 0.3 is 11.9 Å². The zero-order chi connectivity index (χ0) is 19.3. The zero-order valence-electron chi connectivity index (χ0n) is 15.4. The average molecular weight is 354 g/mol. The second-order valence-corrected chi connectivity index (χ2v) is 5.52. The van der Waals surface area contributed by atoms with Gasteiger partial charge in [0.2, 0.25) is 0 Å². The van der Waals surface area contributed by atoms with Gasteiger partial charge in [0.15, 0.2) is 5.41 Å². The van der Waals surface area contributed by atoms with Crippen LogP contribution in [-0.2, 0) is 19.1 Å². The second-order valence-electron chi connectivity index (χ2n) is 5.52. The number of benzene rings is 1. The third-order valence-electron chi connectivity index (χ3n) is 3.69. The van der Waals surface area contributed by atoms with Crippen molar-refractivity contribution in [3.63, 3.8) is 0 Å². The number of esters is 2. The van der Waals surface area contributed by atoms with E-state index in [1.54, 1.807) is 44.2 Å². The molecule has 0 radical (unpaired) electrons. The Morgan fingerprint density at radius 3 is 2.23 bits per heavy atom. The Morgan fingerprint density at radius 2 is 1.69 bits per heavy atom. The Balaban J connectivity index is 3.15. The Labute approximate surface area is 155 Å². The SMILES string of the molecule is C=C/C=C/CC(CC=C=Cc1ccccc1)(C(=O)OCC)C(=O)OCC. The van der Waals surface area contributed by atoms with Crippen molar-refractivity contribution >= 4 is 18.0 Å². The maximum atomic E-state index is 12.6. The molecule has 0 aromatic heterocycles. The third kappa shape index (κ3) is 6.23. The molecule has 4 heteroatoms. The van der Waals surface area contributed by atoms with Gasteiger partial charge in [0, 0.05) is 0 Å². The molecule has 4 nitrogen and oxygen atoms in total. The first kappa shape index (κ1) is 21.2. The smallest absolute Gasteiger partial charge is 0.324 e. The summed E-state index contributed by atoms with van der Waals surface area (Å²) in [5.74, 6) is -1.19. The summed E-state index contributed by atoms with van der Waals surface area (Å²) in [5.41, 5.74) is 2.58. The number of rotatable bonds is 10. The van der Waals surface area contributed by atoms with E-state index in [2.05, 4.69) is 12.3 Å². The maximum Gasteiger partial charge on any atom is 0.324 e. The summed E-state index contributed by atoms with van der Waals surface area (Å²) < 4.78 is 10.3. The molecule has 0 saturated carbocycles. The van der Waals surface area contributed by atoms with E-state index < -0.39 is 17.4 Å². The average Bonchev–Trinajstić information content (AvgIpc) is 2.65. The monoisotopic (exact) mass is 354 g/mol. The van der Waals surface area contributed by atoms with Crippen molar-refractivity contribution in [2.75, 3.05) is 13.2 Å². The molecule has 0 spiro atoms. The maximum absolute atomic E-state index is 12.6.